The second-order valence-electron chi connectivity index (χ2n) is 5.17. The average Bonchev–Trinajstić information content (AvgIpc) is 3.09. The van der Waals surface area contributed by atoms with Crippen molar-refractivity contribution in [3.8, 4) is 11.4 Å². The van der Waals surface area contributed by atoms with Crippen LogP contribution in [0.2, 0.25) is 0 Å². The van der Waals surface area contributed by atoms with Crippen LogP contribution in [0.25, 0.3) is 11.4 Å². The molecule has 7 heteroatoms. The molecular formula is C14H17N7. The van der Waals surface area contributed by atoms with Gasteiger partial charge in [0.15, 0.2) is 5.82 Å². The van der Waals surface area contributed by atoms with Gasteiger partial charge in [-0.1, -0.05) is 24.3 Å². The van der Waals surface area contributed by atoms with Crippen molar-refractivity contribution in [1.82, 2.24) is 35.0 Å². The van der Waals surface area contributed by atoms with Gasteiger partial charge in [0.05, 0.1) is 0 Å². The van der Waals surface area contributed by atoms with Crippen LogP contribution < -0.4 is 0 Å². The predicted octanol–water partition coefficient (Wildman–Crippen LogP) is 1.87. The zero-order valence-corrected chi connectivity index (χ0v) is 12.3. The molecule has 0 spiro atoms. The third-order valence-corrected chi connectivity index (χ3v) is 3.26. The Balaban J connectivity index is 1.86. The molecule has 3 rings (SSSR count). The van der Waals surface area contributed by atoms with Gasteiger partial charge in [-0.3, -0.25) is 0 Å². The van der Waals surface area contributed by atoms with E-state index in [-0.39, 0.29) is 6.04 Å². The summed E-state index contributed by atoms with van der Waals surface area (Å²) in [7, 11) is 0. The summed E-state index contributed by atoms with van der Waals surface area (Å²) in [5.41, 5.74) is 2.12. The van der Waals surface area contributed by atoms with Gasteiger partial charge >= 0.3 is 0 Å². The van der Waals surface area contributed by atoms with Crippen molar-refractivity contribution in [2.75, 3.05) is 0 Å². The van der Waals surface area contributed by atoms with Crippen LogP contribution in [0.1, 0.15) is 31.3 Å². The van der Waals surface area contributed by atoms with Crippen LogP contribution in [0.3, 0.4) is 0 Å². The number of tetrazole rings is 1. The van der Waals surface area contributed by atoms with Crippen molar-refractivity contribution in [1.29, 1.82) is 0 Å². The normalized spacial score (nSPS) is 11.2. The second kappa shape index (κ2) is 5.43. The highest BCUT2D eigenvalue weighted by atomic mass is 15.6. The summed E-state index contributed by atoms with van der Waals surface area (Å²) in [6.45, 7) is 6.61. The number of aromatic nitrogens is 7. The summed E-state index contributed by atoms with van der Waals surface area (Å²) < 4.78 is 1.86. The molecule has 3 aromatic rings. The third kappa shape index (κ3) is 2.67. The fourth-order valence-electron chi connectivity index (χ4n) is 2.19. The lowest BCUT2D eigenvalue weighted by molar-refractivity contribution is 0.468. The predicted molar refractivity (Wildman–Crippen MR) is 77.5 cm³/mol. The fourth-order valence-corrected chi connectivity index (χ4v) is 2.19. The zero-order valence-electron chi connectivity index (χ0n) is 12.3. The number of benzene rings is 1. The van der Waals surface area contributed by atoms with Gasteiger partial charge in [0, 0.05) is 11.6 Å². The maximum Gasteiger partial charge on any atom is 0.205 e. The van der Waals surface area contributed by atoms with Crippen LogP contribution in [0, 0.1) is 6.92 Å². The van der Waals surface area contributed by atoms with Gasteiger partial charge in [-0.05, 0) is 31.5 Å². The molecular weight excluding hydrogens is 266 g/mol. The molecule has 0 saturated heterocycles. The third-order valence-electron chi connectivity index (χ3n) is 3.26. The molecule has 0 aliphatic heterocycles. The number of hydrogen-bond donors (Lipinski definition) is 0. The van der Waals surface area contributed by atoms with Crippen LogP contribution >= 0.6 is 0 Å². The smallest absolute Gasteiger partial charge is 0.205 e. The van der Waals surface area contributed by atoms with Crippen LogP contribution in [0.15, 0.2) is 30.6 Å². The highest BCUT2D eigenvalue weighted by Gasteiger charge is 2.12. The summed E-state index contributed by atoms with van der Waals surface area (Å²) in [6, 6.07) is 8.24. The molecule has 2 aromatic heterocycles. The summed E-state index contributed by atoms with van der Waals surface area (Å²) in [5.74, 6) is 1.45. The first-order chi connectivity index (χ1) is 10.1. The van der Waals surface area contributed by atoms with E-state index in [1.54, 1.807) is 11.1 Å². The minimum atomic E-state index is 0.252. The zero-order chi connectivity index (χ0) is 14.8. The van der Waals surface area contributed by atoms with Crippen LogP contribution in [0.5, 0.6) is 0 Å². The van der Waals surface area contributed by atoms with E-state index in [4.69, 9.17) is 0 Å². The van der Waals surface area contributed by atoms with Gasteiger partial charge in [-0.2, -0.15) is 9.90 Å². The number of nitrogens with zero attached hydrogens (tertiary/aromatic N) is 7. The molecule has 0 fully saturated rings. The Morgan fingerprint density at radius 3 is 2.76 bits per heavy atom. The lowest BCUT2D eigenvalue weighted by atomic mass is 10.1. The molecule has 0 atom stereocenters. The Hall–Kier alpha value is -2.57. The van der Waals surface area contributed by atoms with Gasteiger partial charge in [0.2, 0.25) is 5.82 Å². The molecule has 0 unspecified atom stereocenters. The Labute approximate surface area is 122 Å². The molecule has 0 saturated carbocycles. The van der Waals surface area contributed by atoms with E-state index in [0.29, 0.717) is 12.4 Å². The van der Waals surface area contributed by atoms with Crippen LogP contribution in [-0.4, -0.2) is 35.0 Å². The lowest BCUT2D eigenvalue weighted by Crippen LogP contribution is -2.13. The Morgan fingerprint density at radius 1 is 1.19 bits per heavy atom. The van der Waals surface area contributed by atoms with Crippen molar-refractivity contribution in [2.24, 2.45) is 0 Å². The second-order valence-corrected chi connectivity index (χ2v) is 5.17. The van der Waals surface area contributed by atoms with Crippen molar-refractivity contribution >= 4 is 0 Å². The van der Waals surface area contributed by atoms with E-state index in [0.717, 1.165) is 17.0 Å². The molecule has 0 N–H and O–H groups in total. The molecule has 0 bridgehead atoms. The van der Waals surface area contributed by atoms with E-state index < -0.39 is 0 Å². The van der Waals surface area contributed by atoms with Crippen molar-refractivity contribution in [2.45, 2.75) is 33.4 Å². The summed E-state index contributed by atoms with van der Waals surface area (Å²) in [5, 5.41) is 16.9. The summed E-state index contributed by atoms with van der Waals surface area (Å²) in [4.78, 5) is 5.80. The Bertz CT molecular complexity index is 741. The standard InChI is InChI=1S/C14H17N7/c1-10(2)21-13(15-9-16-21)8-20-18-14(17-19-20)12-7-5-4-6-11(12)3/h4-7,9-10H,8H2,1-3H3. The first-order valence-electron chi connectivity index (χ1n) is 6.87. The number of rotatable bonds is 4. The van der Waals surface area contributed by atoms with Crippen LogP contribution in [-0.2, 0) is 6.54 Å². The van der Waals surface area contributed by atoms with Gasteiger partial charge < -0.3 is 0 Å². The van der Waals surface area contributed by atoms with Gasteiger partial charge in [-0.25, -0.2) is 9.67 Å². The Morgan fingerprint density at radius 2 is 2.00 bits per heavy atom. The molecule has 0 amide bonds. The molecule has 108 valence electrons. The summed E-state index contributed by atoms with van der Waals surface area (Å²) >= 11 is 0. The van der Waals surface area contributed by atoms with Crippen molar-refractivity contribution in [3.05, 3.63) is 42.0 Å². The summed E-state index contributed by atoms with van der Waals surface area (Å²) in [6.07, 6.45) is 1.55. The first-order valence-corrected chi connectivity index (χ1v) is 6.87. The van der Waals surface area contributed by atoms with Gasteiger partial charge in [-0.15, -0.1) is 10.2 Å². The molecule has 2 heterocycles. The first kappa shape index (κ1) is 13.4. The Kier molecular flexibility index (Phi) is 3.47. The van der Waals surface area contributed by atoms with E-state index in [9.17, 15) is 0 Å². The largest absolute Gasteiger partial charge is 0.246 e. The molecule has 0 radical (unpaired) electrons. The highest BCUT2D eigenvalue weighted by molar-refractivity contribution is 5.58. The SMILES string of the molecule is Cc1ccccc1-c1nnn(Cc2ncnn2C(C)C)n1. The average molecular weight is 283 g/mol. The topological polar surface area (TPSA) is 74.3 Å². The van der Waals surface area contributed by atoms with Crippen LogP contribution in [0.4, 0.5) is 0 Å². The quantitative estimate of drug-likeness (QED) is 0.730. The highest BCUT2D eigenvalue weighted by Crippen LogP contribution is 2.18. The minimum absolute atomic E-state index is 0.252. The number of aryl methyl sites for hydroxylation is 1. The monoisotopic (exact) mass is 283 g/mol. The van der Waals surface area contributed by atoms with E-state index in [1.807, 2.05) is 35.9 Å². The fraction of sp³-hybridized carbons (Fsp3) is 0.357. The molecule has 0 aliphatic rings. The minimum Gasteiger partial charge on any atom is -0.246 e. The van der Waals surface area contributed by atoms with E-state index in [2.05, 4.69) is 39.3 Å². The number of hydrogen-bond acceptors (Lipinski definition) is 5. The lowest BCUT2D eigenvalue weighted by Gasteiger charge is -2.08. The maximum absolute atomic E-state index is 4.43. The van der Waals surface area contributed by atoms with E-state index >= 15 is 0 Å². The maximum atomic E-state index is 4.43. The van der Waals surface area contributed by atoms with E-state index in [1.165, 1.54) is 0 Å². The molecule has 7 nitrogen and oxygen atoms in total. The van der Waals surface area contributed by atoms with Crippen molar-refractivity contribution < 1.29 is 0 Å². The van der Waals surface area contributed by atoms with Crippen molar-refractivity contribution in [3.63, 3.8) is 0 Å². The van der Waals surface area contributed by atoms with Gasteiger partial charge in [0.1, 0.15) is 12.9 Å². The molecule has 0 aliphatic carbocycles. The van der Waals surface area contributed by atoms with Gasteiger partial charge in [0.25, 0.3) is 0 Å². The molecule has 1 aromatic carbocycles. The molecule has 21 heavy (non-hydrogen) atoms.